The van der Waals surface area contributed by atoms with Gasteiger partial charge in [0.1, 0.15) is 6.10 Å². The van der Waals surface area contributed by atoms with Crippen molar-refractivity contribution >= 4 is 23.8 Å². The van der Waals surface area contributed by atoms with E-state index in [1.165, 1.54) is 18.1 Å². The normalized spacial score (nSPS) is 20.3. The maximum Gasteiger partial charge on any atom is 0.414 e. The molecule has 0 aromatic heterocycles. The van der Waals surface area contributed by atoms with Crippen LogP contribution in [0.2, 0.25) is 0 Å². The Morgan fingerprint density at radius 2 is 2.32 bits per heavy atom. The molecule has 1 N–H and O–H groups in total. The van der Waals surface area contributed by atoms with Gasteiger partial charge in [0.15, 0.2) is 0 Å². The second-order valence-corrected chi connectivity index (χ2v) is 5.73. The molecule has 22 heavy (non-hydrogen) atoms. The lowest BCUT2D eigenvalue weighted by Gasteiger charge is -2.15. The van der Waals surface area contributed by atoms with Crippen molar-refractivity contribution in [2.75, 3.05) is 18.0 Å². The molecule has 1 aromatic rings. The van der Waals surface area contributed by atoms with Gasteiger partial charge in [0.2, 0.25) is 5.91 Å². The number of carbonyl (C=O) groups excluding carboxylic acids is 2. The highest BCUT2D eigenvalue weighted by molar-refractivity contribution is 5.90. The van der Waals surface area contributed by atoms with Crippen LogP contribution in [0.3, 0.4) is 0 Å². The maximum atomic E-state index is 12.0. The molecule has 1 heterocycles. The highest BCUT2D eigenvalue weighted by Gasteiger charge is 2.32. The van der Waals surface area contributed by atoms with Gasteiger partial charge in [0.05, 0.1) is 13.1 Å². The molecule has 1 aliphatic heterocycles. The average molecular weight is 300 g/mol. The number of allylic oxidation sites excluding steroid dienone is 1. The Hall–Kier alpha value is -2.30. The number of amides is 2. The first-order chi connectivity index (χ1) is 10.6. The van der Waals surface area contributed by atoms with Crippen LogP contribution in [-0.2, 0) is 16.0 Å². The Morgan fingerprint density at radius 1 is 1.45 bits per heavy atom. The van der Waals surface area contributed by atoms with Crippen LogP contribution in [0.4, 0.5) is 10.5 Å². The van der Waals surface area contributed by atoms with E-state index in [4.69, 9.17) is 4.74 Å². The summed E-state index contributed by atoms with van der Waals surface area (Å²) in [6, 6.07) is 6.11. The molecular weight excluding hydrogens is 280 g/mol. The smallest absolute Gasteiger partial charge is 0.414 e. The van der Waals surface area contributed by atoms with Crippen LogP contribution >= 0.6 is 0 Å². The molecule has 1 saturated heterocycles. The molecule has 2 amide bonds. The second kappa shape index (κ2) is 6.22. The van der Waals surface area contributed by atoms with Crippen molar-refractivity contribution in [3.63, 3.8) is 0 Å². The van der Waals surface area contributed by atoms with E-state index in [9.17, 15) is 9.59 Å². The summed E-state index contributed by atoms with van der Waals surface area (Å²) in [6.07, 6.45) is 6.97. The third-order valence-corrected chi connectivity index (χ3v) is 4.01. The minimum Gasteiger partial charge on any atom is -0.442 e. The number of hydrogen-bond donors (Lipinski definition) is 1. The molecule has 3 rings (SSSR count). The van der Waals surface area contributed by atoms with Crippen LogP contribution < -0.4 is 10.2 Å². The fourth-order valence-electron chi connectivity index (χ4n) is 2.85. The number of nitrogens with one attached hydrogen (secondary N) is 1. The van der Waals surface area contributed by atoms with E-state index < -0.39 is 0 Å². The lowest BCUT2D eigenvalue weighted by Crippen LogP contribution is -2.33. The Morgan fingerprint density at radius 3 is 3.14 bits per heavy atom. The van der Waals surface area contributed by atoms with E-state index in [-0.39, 0.29) is 18.1 Å². The Labute approximate surface area is 129 Å². The van der Waals surface area contributed by atoms with Crippen molar-refractivity contribution < 1.29 is 14.3 Å². The molecule has 0 saturated carbocycles. The molecule has 1 fully saturated rings. The first kappa shape index (κ1) is 14.6. The van der Waals surface area contributed by atoms with Gasteiger partial charge in [-0.05, 0) is 42.5 Å². The van der Waals surface area contributed by atoms with Crippen molar-refractivity contribution in [1.29, 1.82) is 0 Å². The molecule has 1 aliphatic carbocycles. The SMILES string of the molecule is CC(=O)NC[C@H]1CN(c2ccc3c(c2)C=CCCC3)C(=O)O1. The highest BCUT2D eigenvalue weighted by atomic mass is 16.6. The van der Waals surface area contributed by atoms with Gasteiger partial charge < -0.3 is 10.1 Å². The molecule has 0 bridgehead atoms. The number of rotatable bonds is 3. The number of cyclic esters (lactones) is 1. The van der Waals surface area contributed by atoms with Crippen LogP contribution in [-0.4, -0.2) is 31.2 Å². The van der Waals surface area contributed by atoms with E-state index in [1.807, 2.05) is 12.1 Å². The molecular formula is C17H20N2O3. The number of aryl methyl sites for hydroxylation is 1. The second-order valence-electron chi connectivity index (χ2n) is 5.73. The fraction of sp³-hybridized carbons (Fsp3) is 0.412. The molecule has 0 radical (unpaired) electrons. The number of nitrogens with zero attached hydrogens (tertiary/aromatic N) is 1. The predicted molar refractivity (Wildman–Crippen MR) is 84.7 cm³/mol. The largest absolute Gasteiger partial charge is 0.442 e. The summed E-state index contributed by atoms with van der Waals surface area (Å²) in [5, 5.41) is 2.68. The summed E-state index contributed by atoms with van der Waals surface area (Å²) in [5.74, 6) is -0.121. The Bertz CT molecular complexity index is 624. The van der Waals surface area contributed by atoms with Gasteiger partial charge >= 0.3 is 6.09 Å². The summed E-state index contributed by atoms with van der Waals surface area (Å²) in [4.78, 5) is 24.6. The summed E-state index contributed by atoms with van der Waals surface area (Å²) < 4.78 is 5.30. The van der Waals surface area contributed by atoms with Gasteiger partial charge in [0.25, 0.3) is 0 Å². The van der Waals surface area contributed by atoms with E-state index >= 15 is 0 Å². The van der Waals surface area contributed by atoms with Crippen LogP contribution in [0.5, 0.6) is 0 Å². The molecule has 1 aromatic carbocycles. The van der Waals surface area contributed by atoms with Gasteiger partial charge in [-0.25, -0.2) is 4.79 Å². The van der Waals surface area contributed by atoms with Gasteiger partial charge in [-0.2, -0.15) is 0 Å². The van der Waals surface area contributed by atoms with Gasteiger partial charge in [-0.1, -0.05) is 18.2 Å². The summed E-state index contributed by atoms with van der Waals surface area (Å²) >= 11 is 0. The molecule has 0 spiro atoms. The third-order valence-electron chi connectivity index (χ3n) is 4.01. The van der Waals surface area contributed by atoms with Gasteiger partial charge in [-0.3, -0.25) is 9.69 Å². The zero-order valence-corrected chi connectivity index (χ0v) is 12.7. The quantitative estimate of drug-likeness (QED) is 0.933. The lowest BCUT2D eigenvalue weighted by atomic mass is 10.0. The molecule has 5 nitrogen and oxygen atoms in total. The lowest BCUT2D eigenvalue weighted by molar-refractivity contribution is -0.119. The Balaban J connectivity index is 1.75. The van der Waals surface area contributed by atoms with Crippen molar-refractivity contribution in [3.05, 3.63) is 35.4 Å². The van der Waals surface area contributed by atoms with Crippen molar-refractivity contribution in [2.45, 2.75) is 32.3 Å². The molecule has 116 valence electrons. The third kappa shape index (κ3) is 3.13. The van der Waals surface area contributed by atoms with Crippen molar-refractivity contribution in [2.24, 2.45) is 0 Å². The van der Waals surface area contributed by atoms with E-state index in [2.05, 4.69) is 23.5 Å². The zero-order valence-electron chi connectivity index (χ0n) is 12.7. The number of benzene rings is 1. The summed E-state index contributed by atoms with van der Waals surface area (Å²) in [6.45, 7) is 2.26. The predicted octanol–water partition coefficient (Wildman–Crippen LogP) is 2.50. The number of carbonyl (C=O) groups is 2. The van der Waals surface area contributed by atoms with E-state index in [0.29, 0.717) is 13.1 Å². The van der Waals surface area contributed by atoms with Crippen LogP contribution in [0.1, 0.15) is 30.9 Å². The van der Waals surface area contributed by atoms with Crippen molar-refractivity contribution in [3.8, 4) is 0 Å². The first-order valence-corrected chi connectivity index (χ1v) is 7.65. The highest BCUT2D eigenvalue weighted by Crippen LogP contribution is 2.27. The molecule has 5 heteroatoms. The minimum atomic E-state index is -0.354. The summed E-state index contributed by atoms with van der Waals surface area (Å²) in [5.41, 5.74) is 3.34. The number of ether oxygens (including phenoxy) is 1. The van der Waals surface area contributed by atoms with Crippen LogP contribution in [0.15, 0.2) is 24.3 Å². The molecule has 0 unspecified atom stereocenters. The van der Waals surface area contributed by atoms with Crippen molar-refractivity contribution in [1.82, 2.24) is 5.32 Å². The van der Waals surface area contributed by atoms with Gasteiger partial charge in [0, 0.05) is 12.6 Å². The number of fused-ring (bicyclic) bond motifs is 1. The van der Waals surface area contributed by atoms with E-state index in [0.717, 1.165) is 24.9 Å². The number of anilines is 1. The molecule has 2 aliphatic rings. The number of hydrogen-bond acceptors (Lipinski definition) is 3. The minimum absolute atomic E-state index is 0.121. The van der Waals surface area contributed by atoms with Crippen LogP contribution in [0.25, 0.3) is 6.08 Å². The topological polar surface area (TPSA) is 58.6 Å². The fourth-order valence-corrected chi connectivity index (χ4v) is 2.85. The average Bonchev–Trinajstić information content (AvgIpc) is 2.71. The standard InChI is InChI=1S/C17H20N2O3/c1-12(20)18-10-16-11-19(17(21)22-16)15-8-7-13-5-3-2-4-6-14(13)9-15/h4,6-9,16H,2-3,5,10-11H2,1H3,(H,18,20)/t16-/m0/s1. The zero-order chi connectivity index (χ0) is 15.5. The Kier molecular flexibility index (Phi) is 4.13. The van der Waals surface area contributed by atoms with Crippen LogP contribution in [0, 0.1) is 0 Å². The first-order valence-electron chi connectivity index (χ1n) is 7.65. The molecule has 1 atom stereocenters. The van der Waals surface area contributed by atoms with Gasteiger partial charge in [-0.15, -0.1) is 0 Å². The summed E-state index contributed by atoms with van der Waals surface area (Å²) in [7, 11) is 0. The van der Waals surface area contributed by atoms with E-state index in [1.54, 1.807) is 4.90 Å². The maximum absolute atomic E-state index is 12.0. The monoisotopic (exact) mass is 300 g/mol.